The van der Waals surface area contributed by atoms with Crippen molar-refractivity contribution in [3.63, 3.8) is 0 Å². The summed E-state index contributed by atoms with van der Waals surface area (Å²) in [5.74, 6) is 0.673. The number of amides is 2. The van der Waals surface area contributed by atoms with Crippen molar-refractivity contribution in [3.05, 3.63) is 37.4 Å². The van der Waals surface area contributed by atoms with Crippen molar-refractivity contribution in [1.29, 1.82) is 0 Å². The number of likely N-dealkylation sites (tertiary alicyclic amines) is 1. The summed E-state index contributed by atoms with van der Waals surface area (Å²) in [6.07, 6.45) is 5.19. The lowest BCUT2D eigenvalue weighted by Gasteiger charge is -2.31. The van der Waals surface area contributed by atoms with Gasteiger partial charge in [0.25, 0.3) is 5.91 Å². The molecule has 0 radical (unpaired) electrons. The van der Waals surface area contributed by atoms with E-state index in [2.05, 4.69) is 5.32 Å². The van der Waals surface area contributed by atoms with E-state index in [0.29, 0.717) is 22.3 Å². The lowest BCUT2D eigenvalue weighted by atomic mass is 9.85. The minimum Gasteiger partial charge on any atom is -0.350 e. The van der Waals surface area contributed by atoms with Crippen molar-refractivity contribution >= 4 is 46.1 Å². The average Bonchev–Trinajstić information content (AvgIpc) is 3.27. The first-order chi connectivity index (χ1) is 13.1. The summed E-state index contributed by atoms with van der Waals surface area (Å²) in [7, 11) is 0. The molecule has 1 saturated heterocycles. The van der Waals surface area contributed by atoms with Gasteiger partial charge in [0.05, 0.1) is 26.5 Å². The van der Waals surface area contributed by atoms with Crippen LogP contribution in [0, 0.1) is 5.92 Å². The fraction of sp³-hybridized carbons (Fsp3) is 0.526. The zero-order valence-electron chi connectivity index (χ0n) is 14.9. The summed E-state index contributed by atoms with van der Waals surface area (Å²) in [6, 6.07) is 3.57. The van der Waals surface area contributed by atoms with Gasteiger partial charge in [-0.15, -0.1) is 22.7 Å². The SMILES string of the molecule is O=C(NCc1csc([C@@H]2CCCN(C(=O)c3ccc(Cl)s3)C2)n1)C1CCC1. The van der Waals surface area contributed by atoms with Crippen LogP contribution in [0.5, 0.6) is 0 Å². The van der Waals surface area contributed by atoms with Gasteiger partial charge in [-0.1, -0.05) is 18.0 Å². The van der Waals surface area contributed by atoms with E-state index in [1.165, 1.54) is 11.3 Å². The van der Waals surface area contributed by atoms with Gasteiger partial charge < -0.3 is 10.2 Å². The Hall–Kier alpha value is -1.44. The maximum atomic E-state index is 12.7. The molecule has 0 aromatic carbocycles. The number of thiazole rings is 1. The second kappa shape index (κ2) is 8.29. The van der Waals surface area contributed by atoms with Crippen LogP contribution in [0.15, 0.2) is 17.5 Å². The van der Waals surface area contributed by atoms with Crippen LogP contribution in [-0.4, -0.2) is 34.8 Å². The Labute approximate surface area is 171 Å². The summed E-state index contributed by atoms with van der Waals surface area (Å²) < 4.78 is 0.639. The van der Waals surface area contributed by atoms with Crippen LogP contribution < -0.4 is 5.32 Å². The van der Waals surface area contributed by atoms with Gasteiger partial charge in [-0.25, -0.2) is 4.98 Å². The molecule has 1 saturated carbocycles. The first-order valence-corrected chi connectivity index (χ1v) is 11.4. The zero-order chi connectivity index (χ0) is 18.8. The lowest BCUT2D eigenvalue weighted by molar-refractivity contribution is -0.127. The normalized spacial score (nSPS) is 20.3. The third-order valence-electron chi connectivity index (χ3n) is 5.33. The molecule has 0 unspecified atom stereocenters. The molecule has 2 fully saturated rings. The molecule has 5 nitrogen and oxygen atoms in total. The summed E-state index contributed by atoms with van der Waals surface area (Å²) in [5.41, 5.74) is 0.913. The highest BCUT2D eigenvalue weighted by Gasteiger charge is 2.28. The smallest absolute Gasteiger partial charge is 0.263 e. The molecule has 2 aromatic rings. The zero-order valence-corrected chi connectivity index (χ0v) is 17.3. The van der Waals surface area contributed by atoms with Gasteiger partial charge in [-0.3, -0.25) is 9.59 Å². The first-order valence-electron chi connectivity index (χ1n) is 9.37. The number of aromatic nitrogens is 1. The molecule has 2 aromatic heterocycles. The third-order valence-corrected chi connectivity index (χ3v) is 7.61. The van der Waals surface area contributed by atoms with E-state index in [1.54, 1.807) is 23.5 Å². The molecular weight excluding hydrogens is 402 g/mol. The Kier molecular flexibility index (Phi) is 5.80. The van der Waals surface area contributed by atoms with Crippen LogP contribution in [-0.2, 0) is 11.3 Å². The molecule has 1 N–H and O–H groups in total. The van der Waals surface area contributed by atoms with Gasteiger partial charge in [0.1, 0.15) is 0 Å². The molecule has 1 atom stereocenters. The van der Waals surface area contributed by atoms with E-state index in [0.717, 1.165) is 49.4 Å². The monoisotopic (exact) mass is 423 g/mol. The van der Waals surface area contributed by atoms with Crippen molar-refractivity contribution < 1.29 is 9.59 Å². The Morgan fingerprint density at radius 3 is 2.81 bits per heavy atom. The van der Waals surface area contributed by atoms with Crippen LogP contribution >= 0.6 is 34.3 Å². The number of carbonyl (C=O) groups is 2. The van der Waals surface area contributed by atoms with Gasteiger partial charge >= 0.3 is 0 Å². The topological polar surface area (TPSA) is 62.3 Å². The van der Waals surface area contributed by atoms with E-state index >= 15 is 0 Å². The van der Waals surface area contributed by atoms with Crippen molar-refractivity contribution in [2.24, 2.45) is 5.92 Å². The summed E-state index contributed by atoms with van der Waals surface area (Å²) in [5, 5.41) is 6.08. The van der Waals surface area contributed by atoms with Crippen LogP contribution in [0.25, 0.3) is 0 Å². The Morgan fingerprint density at radius 1 is 1.26 bits per heavy atom. The first kappa shape index (κ1) is 18.9. The van der Waals surface area contributed by atoms with Crippen LogP contribution in [0.3, 0.4) is 0 Å². The highest BCUT2D eigenvalue weighted by Crippen LogP contribution is 2.31. The van der Waals surface area contributed by atoms with E-state index in [4.69, 9.17) is 16.6 Å². The van der Waals surface area contributed by atoms with Crippen LogP contribution in [0.1, 0.15) is 58.4 Å². The predicted molar refractivity (Wildman–Crippen MR) is 109 cm³/mol. The molecule has 27 heavy (non-hydrogen) atoms. The molecular formula is C19H22ClN3O2S2. The second-order valence-electron chi connectivity index (χ2n) is 7.22. The van der Waals surface area contributed by atoms with E-state index in [-0.39, 0.29) is 23.7 Å². The second-order valence-corrected chi connectivity index (χ2v) is 9.82. The van der Waals surface area contributed by atoms with Crippen molar-refractivity contribution in [2.75, 3.05) is 13.1 Å². The fourth-order valence-electron chi connectivity index (χ4n) is 3.53. The number of halogens is 1. The molecule has 144 valence electrons. The Morgan fingerprint density at radius 2 is 2.11 bits per heavy atom. The van der Waals surface area contributed by atoms with Crippen LogP contribution in [0.4, 0.5) is 0 Å². The van der Waals surface area contributed by atoms with Crippen molar-refractivity contribution in [3.8, 4) is 0 Å². The number of piperidine rings is 1. The number of carbonyl (C=O) groups excluding carboxylic acids is 2. The minimum absolute atomic E-state index is 0.0566. The molecule has 2 aliphatic rings. The molecule has 0 spiro atoms. The number of nitrogens with one attached hydrogen (secondary N) is 1. The summed E-state index contributed by atoms with van der Waals surface area (Å²) in [4.78, 5) is 32.0. The third kappa shape index (κ3) is 4.36. The summed E-state index contributed by atoms with van der Waals surface area (Å²) in [6.45, 7) is 1.96. The van der Waals surface area contributed by atoms with Gasteiger partial charge in [0, 0.05) is 30.3 Å². The van der Waals surface area contributed by atoms with E-state index in [1.807, 2.05) is 10.3 Å². The molecule has 1 aliphatic carbocycles. The van der Waals surface area contributed by atoms with Gasteiger partial charge in [0.15, 0.2) is 0 Å². The van der Waals surface area contributed by atoms with Gasteiger partial charge in [-0.2, -0.15) is 0 Å². The van der Waals surface area contributed by atoms with Crippen molar-refractivity contribution in [1.82, 2.24) is 15.2 Å². The molecule has 0 bridgehead atoms. The molecule has 1 aliphatic heterocycles. The number of rotatable bonds is 5. The number of nitrogens with zero attached hydrogens (tertiary/aromatic N) is 2. The highest BCUT2D eigenvalue weighted by atomic mass is 35.5. The highest BCUT2D eigenvalue weighted by molar-refractivity contribution is 7.18. The number of thiophene rings is 1. The maximum absolute atomic E-state index is 12.7. The largest absolute Gasteiger partial charge is 0.350 e. The average molecular weight is 424 g/mol. The maximum Gasteiger partial charge on any atom is 0.263 e. The molecule has 2 amide bonds. The van der Waals surface area contributed by atoms with Crippen molar-refractivity contribution in [2.45, 2.75) is 44.6 Å². The fourth-order valence-corrected chi connectivity index (χ4v) is 5.49. The van der Waals surface area contributed by atoms with Gasteiger partial charge in [-0.05, 0) is 37.8 Å². The number of hydrogen-bond acceptors (Lipinski definition) is 5. The Balaban J connectivity index is 1.35. The molecule has 3 heterocycles. The standard InChI is InChI=1S/C19H22ClN3O2S2/c20-16-7-6-15(27-16)19(25)23-8-2-5-13(10-23)18-22-14(11-26-18)9-21-17(24)12-3-1-4-12/h6-7,11-13H,1-5,8-10H2,(H,21,24)/t13-/m1/s1. The lowest BCUT2D eigenvalue weighted by Crippen LogP contribution is -2.38. The number of hydrogen-bond donors (Lipinski definition) is 1. The predicted octanol–water partition coefficient (Wildman–Crippen LogP) is 4.29. The molecule has 4 rings (SSSR count). The van der Waals surface area contributed by atoms with E-state index < -0.39 is 0 Å². The van der Waals surface area contributed by atoms with Crippen LogP contribution in [0.2, 0.25) is 4.34 Å². The minimum atomic E-state index is 0.0566. The Bertz CT molecular complexity index is 831. The quantitative estimate of drug-likeness (QED) is 0.780. The van der Waals surface area contributed by atoms with E-state index in [9.17, 15) is 9.59 Å². The van der Waals surface area contributed by atoms with Gasteiger partial charge in [0.2, 0.25) is 5.91 Å². The summed E-state index contributed by atoms with van der Waals surface area (Å²) >= 11 is 8.93. The molecule has 8 heteroatoms.